The maximum absolute atomic E-state index is 10.9. The van der Waals surface area contributed by atoms with Crippen molar-refractivity contribution in [2.24, 2.45) is 5.84 Å². The molecular formula is C12H12IN5O2. The van der Waals surface area contributed by atoms with Gasteiger partial charge in [0.15, 0.2) is 0 Å². The molecule has 0 unspecified atom stereocenters. The Morgan fingerprint density at radius 2 is 2.05 bits per heavy atom. The maximum atomic E-state index is 10.9. The quantitative estimate of drug-likeness (QED) is 0.324. The molecular weight excluding hydrogens is 373 g/mol. The summed E-state index contributed by atoms with van der Waals surface area (Å²) in [7, 11) is 0. The van der Waals surface area contributed by atoms with Gasteiger partial charge in [-0.1, -0.05) is 6.07 Å². The molecule has 1 heterocycles. The summed E-state index contributed by atoms with van der Waals surface area (Å²) in [4.78, 5) is 14.5. The lowest BCUT2D eigenvalue weighted by atomic mass is 10.2. The van der Waals surface area contributed by atoms with E-state index in [9.17, 15) is 10.1 Å². The van der Waals surface area contributed by atoms with Gasteiger partial charge in [-0.15, -0.1) is 0 Å². The monoisotopic (exact) mass is 385 g/mol. The number of benzene rings is 1. The van der Waals surface area contributed by atoms with Crippen LogP contribution in [0, 0.1) is 20.6 Å². The largest absolute Gasteiger partial charge is 0.340 e. The van der Waals surface area contributed by atoms with Crippen LogP contribution >= 0.6 is 22.6 Å². The van der Waals surface area contributed by atoms with Crippen molar-refractivity contribution in [1.82, 2.24) is 4.98 Å². The van der Waals surface area contributed by atoms with Crippen LogP contribution in [-0.4, -0.2) is 9.91 Å². The lowest BCUT2D eigenvalue weighted by molar-refractivity contribution is -0.384. The van der Waals surface area contributed by atoms with Crippen LogP contribution in [0.1, 0.15) is 5.56 Å². The lowest BCUT2D eigenvalue weighted by Gasteiger charge is -2.11. The van der Waals surface area contributed by atoms with E-state index in [1.54, 1.807) is 0 Å². The van der Waals surface area contributed by atoms with Crippen molar-refractivity contribution in [3.63, 3.8) is 0 Å². The molecule has 0 fully saturated rings. The zero-order valence-corrected chi connectivity index (χ0v) is 12.7. The molecule has 1 aromatic heterocycles. The molecule has 0 bridgehead atoms. The minimum atomic E-state index is -0.491. The van der Waals surface area contributed by atoms with E-state index < -0.39 is 4.92 Å². The maximum Gasteiger partial charge on any atom is 0.276 e. The molecule has 0 aliphatic rings. The summed E-state index contributed by atoms with van der Waals surface area (Å²) >= 11 is 2.22. The molecule has 0 aliphatic carbocycles. The molecule has 4 N–H and O–H groups in total. The Morgan fingerprint density at radius 3 is 2.70 bits per heavy atom. The first-order valence-electron chi connectivity index (χ1n) is 5.66. The number of nitrogens with zero attached hydrogens (tertiary/aromatic N) is 2. The molecule has 20 heavy (non-hydrogen) atoms. The second kappa shape index (κ2) is 6.01. The Kier molecular flexibility index (Phi) is 4.35. The number of halogens is 1. The normalized spacial score (nSPS) is 10.2. The van der Waals surface area contributed by atoms with Crippen molar-refractivity contribution in [1.29, 1.82) is 0 Å². The Labute approximate surface area is 128 Å². The van der Waals surface area contributed by atoms with Crippen molar-refractivity contribution in [2.45, 2.75) is 6.92 Å². The Bertz CT molecular complexity index is 662. The predicted octanol–water partition coefficient (Wildman–Crippen LogP) is 2.93. The van der Waals surface area contributed by atoms with E-state index in [1.165, 1.54) is 12.1 Å². The van der Waals surface area contributed by atoms with E-state index in [0.717, 1.165) is 14.8 Å². The molecule has 0 radical (unpaired) electrons. The molecule has 2 rings (SSSR count). The highest BCUT2D eigenvalue weighted by atomic mass is 127. The van der Waals surface area contributed by atoms with E-state index in [2.05, 4.69) is 38.3 Å². The summed E-state index contributed by atoms with van der Waals surface area (Å²) in [6.07, 6.45) is 0. The standard InChI is InChI=1S/C12H12IN5O2/c1-7-9(13)3-2-4-10(7)15-11-5-8(18(19)20)6-12(16-11)17-14/h2-6H,14H2,1H3,(H2,15,16,17). The third-order valence-corrected chi connectivity index (χ3v) is 3.87. The minimum absolute atomic E-state index is 0.0845. The molecule has 0 atom stereocenters. The molecule has 0 spiro atoms. The van der Waals surface area contributed by atoms with Crippen molar-refractivity contribution >= 4 is 45.6 Å². The Balaban J connectivity index is 2.40. The van der Waals surface area contributed by atoms with Crippen LogP contribution in [0.3, 0.4) is 0 Å². The number of anilines is 3. The lowest BCUT2D eigenvalue weighted by Crippen LogP contribution is -2.10. The molecule has 0 saturated heterocycles. The van der Waals surface area contributed by atoms with Crippen LogP contribution < -0.4 is 16.6 Å². The van der Waals surface area contributed by atoms with E-state index >= 15 is 0 Å². The minimum Gasteiger partial charge on any atom is -0.340 e. The fourth-order valence-electron chi connectivity index (χ4n) is 1.64. The highest BCUT2D eigenvalue weighted by Gasteiger charge is 2.12. The number of nitro groups is 1. The fraction of sp³-hybridized carbons (Fsp3) is 0.0833. The van der Waals surface area contributed by atoms with Crippen LogP contribution in [0.25, 0.3) is 0 Å². The Morgan fingerprint density at radius 1 is 1.35 bits per heavy atom. The fourth-order valence-corrected chi connectivity index (χ4v) is 2.14. The van der Waals surface area contributed by atoms with Gasteiger partial charge in [-0.25, -0.2) is 10.8 Å². The third kappa shape index (κ3) is 3.14. The second-order valence-corrected chi connectivity index (χ2v) is 5.20. The second-order valence-electron chi connectivity index (χ2n) is 4.03. The van der Waals surface area contributed by atoms with Crippen LogP contribution in [0.4, 0.5) is 23.0 Å². The number of nitrogens with two attached hydrogens (primary N) is 1. The number of nitrogens with one attached hydrogen (secondary N) is 2. The van der Waals surface area contributed by atoms with Gasteiger partial charge in [0, 0.05) is 9.26 Å². The van der Waals surface area contributed by atoms with Gasteiger partial charge in [0.25, 0.3) is 5.69 Å². The van der Waals surface area contributed by atoms with Gasteiger partial charge in [0.05, 0.1) is 17.1 Å². The zero-order valence-electron chi connectivity index (χ0n) is 10.6. The molecule has 0 aliphatic heterocycles. The summed E-state index contributed by atoms with van der Waals surface area (Å²) in [5.74, 6) is 5.86. The van der Waals surface area contributed by atoms with Gasteiger partial charge in [-0.3, -0.25) is 10.1 Å². The van der Waals surface area contributed by atoms with Gasteiger partial charge in [0.2, 0.25) is 0 Å². The van der Waals surface area contributed by atoms with Gasteiger partial charge < -0.3 is 10.7 Å². The smallest absolute Gasteiger partial charge is 0.276 e. The molecule has 8 heteroatoms. The van der Waals surface area contributed by atoms with Crippen molar-refractivity contribution in [3.8, 4) is 0 Å². The average molecular weight is 385 g/mol. The number of rotatable bonds is 4. The number of hydrogen-bond acceptors (Lipinski definition) is 6. The van der Waals surface area contributed by atoms with Gasteiger partial charge >= 0.3 is 0 Å². The summed E-state index contributed by atoms with van der Waals surface area (Å²) < 4.78 is 1.09. The predicted molar refractivity (Wildman–Crippen MR) is 85.9 cm³/mol. The first-order chi connectivity index (χ1) is 9.51. The topological polar surface area (TPSA) is 106 Å². The summed E-state index contributed by atoms with van der Waals surface area (Å²) in [6.45, 7) is 1.96. The van der Waals surface area contributed by atoms with Crippen molar-refractivity contribution < 1.29 is 4.92 Å². The number of nitrogen functional groups attached to an aromatic ring is 1. The van der Waals surface area contributed by atoms with Crippen LogP contribution in [-0.2, 0) is 0 Å². The summed E-state index contributed by atoms with van der Waals surface area (Å²) in [5.41, 5.74) is 4.12. The van der Waals surface area contributed by atoms with E-state index in [4.69, 9.17) is 5.84 Å². The first-order valence-corrected chi connectivity index (χ1v) is 6.74. The molecule has 0 amide bonds. The van der Waals surface area contributed by atoms with Crippen LogP contribution in [0.2, 0.25) is 0 Å². The number of hydrazine groups is 1. The first kappa shape index (κ1) is 14.5. The Hall–Kier alpha value is -1.94. The van der Waals surface area contributed by atoms with Crippen molar-refractivity contribution in [2.75, 3.05) is 10.7 Å². The van der Waals surface area contributed by atoms with Crippen molar-refractivity contribution in [3.05, 3.63) is 49.6 Å². The highest BCUT2D eigenvalue weighted by molar-refractivity contribution is 14.1. The van der Waals surface area contributed by atoms with Gasteiger partial charge in [-0.2, -0.15) is 0 Å². The molecule has 1 aromatic carbocycles. The summed E-state index contributed by atoms with van der Waals surface area (Å²) in [5, 5.41) is 13.9. The van der Waals surface area contributed by atoms with E-state index in [0.29, 0.717) is 5.82 Å². The van der Waals surface area contributed by atoms with Gasteiger partial charge in [-0.05, 0) is 47.2 Å². The molecule has 7 nitrogen and oxygen atoms in total. The number of hydrogen-bond donors (Lipinski definition) is 3. The average Bonchev–Trinajstić information content (AvgIpc) is 2.43. The third-order valence-electron chi connectivity index (χ3n) is 2.70. The zero-order chi connectivity index (χ0) is 14.7. The van der Waals surface area contributed by atoms with Crippen LogP contribution in [0.15, 0.2) is 30.3 Å². The number of pyridine rings is 1. The summed E-state index contributed by atoms with van der Waals surface area (Å²) in [6, 6.07) is 8.39. The molecule has 104 valence electrons. The van der Waals surface area contributed by atoms with Gasteiger partial charge in [0.1, 0.15) is 11.6 Å². The molecule has 2 aromatic rings. The van der Waals surface area contributed by atoms with Crippen LogP contribution in [0.5, 0.6) is 0 Å². The number of aromatic nitrogens is 1. The van der Waals surface area contributed by atoms with E-state index in [1.807, 2.05) is 25.1 Å². The highest BCUT2D eigenvalue weighted by Crippen LogP contribution is 2.26. The SMILES string of the molecule is Cc1c(I)cccc1Nc1cc([N+](=O)[O-])cc(NN)n1. The van der Waals surface area contributed by atoms with E-state index in [-0.39, 0.29) is 11.5 Å². The molecule has 0 saturated carbocycles.